The number of hydrogen-bond acceptors (Lipinski definition) is 4. The van der Waals surface area contributed by atoms with Crippen LogP contribution >= 0.6 is 15.9 Å². The number of alkyl halides is 1. The van der Waals surface area contributed by atoms with Gasteiger partial charge in [-0.3, -0.25) is 15.1 Å². The summed E-state index contributed by atoms with van der Waals surface area (Å²) < 4.78 is 0. The van der Waals surface area contributed by atoms with Gasteiger partial charge in [-0.05, 0) is 18.8 Å². The summed E-state index contributed by atoms with van der Waals surface area (Å²) in [7, 11) is 0. The zero-order valence-corrected chi connectivity index (χ0v) is 14.3. The maximum Gasteiger partial charge on any atom is 0.249 e. The topological polar surface area (TPSA) is 47.6 Å². The molecule has 2 saturated heterocycles. The van der Waals surface area contributed by atoms with Gasteiger partial charge >= 0.3 is 0 Å². The number of amides is 1. The average molecular weight is 359 g/mol. The van der Waals surface area contributed by atoms with Crippen molar-refractivity contribution in [1.82, 2.24) is 20.7 Å². The molecule has 5 nitrogen and oxygen atoms in total. The lowest BCUT2D eigenvalue weighted by Crippen LogP contribution is -2.64. The standard InChI is InChI=1S/C15H27BrN4O/c16-14-13(10-17-18-15(14)21)20-8-6-19(7-9-20)11-12-4-2-1-3-5-12/h12-14,17H,1-11H2,(H,18,21). The van der Waals surface area contributed by atoms with E-state index in [0.717, 1.165) is 38.6 Å². The Balaban J connectivity index is 1.45. The van der Waals surface area contributed by atoms with Gasteiger partial charge in [0.2, 0.25) is 5.91 Å². The van der Waals surface area contributed by atoms with Crippen LogP contribution in [0.4, 0.5) is 0 Å². The summed E-state index contributed by atoms with van der Waals surface area (Å²) in [6.07, 6.45) is 7.15. The van der Waals surface area contributed by atoms with E-state index in [1.807, 2.05) is 0 Å². The number of rotatable bonds is 3. The first-order valence-corrected chi connectivity index (χ1v) is 9.29. The van der Waals surface area contributed by atoms with Gasteiger partial charge in [-0.2, -0.15) is 0 Å². The van der Waals surface area contributed by atoms with Gasteiger partial charge < -0.3 is 4.90 Å². The predicted octanol–water partition coefficient (Wildman–Crippen LogP) is 0.951. The largest absolute Gasteiger partial charge is 0.301 e. The number of nitrogens with zero attached hydrogens (tertiary/aromatic N) is 2. The lowest BCUT2D eigenvalue weighted by Gasteiger charge is -2.43. The summed E-state index contributed by atoms with van der Waals surface area (Å²) in [4.78, 5) is 16.7. The Morgan fingerprint density at radius 1 is 1.10 bits per heavy atom. The predicted molar refractivity (Wildman–Crippen MR) is 87.2 cm³/mol. The lowest BCUT2D eigenvalue weighted by molar-refractivity contribution is -0.124. The molecule has 0 radical (unpaired) electrons. The van der Waals surface area contributed by atoms with E-state index in [-0.39, 0.29) is 16.8 Å². The summed E-state index contributed by atoms with van der Waals surface area (Å²) in [6, 6.07) is 0.274. The second kappa shape index (κ2) is 7.40. The van der Waals surface area contributed by atoms with Crippen LogP contribution < -0.4 is 10.9 Å². The lowest BCUT2D eigenvalue weighted by atomic mass is 9.89. The molecule has 0 bridgehead atoms. The molecule has 3 aliphatic rings. The Kier molecular flexibility index (Phi) is 5.54. The molecule has 1 amide bonds. The normalized spacial score (nSPS) is 33.9. The van der Waals surface area contributed by atoms with E-state index < -0.39 is 0 Å². The third-order valence-electron chi connectivity index (χ3n) is 5.23. The van der Waals surface area contributed by atoms with Crippen molar-refractivity contribution in [2.75, 3.05) is 39.3 Å². The molecule has 2 atom stereocenters. The summed E-state index contributed by atoms with van der Waals surface area (Å²) >= 11 is 3.54. The fraction of sp³-hybridized carbons (Fsp3) is 0.933. The Labute approximate surface area is 135 Å². The van der Waals surface area contributed by atoms with Crippen LogP contribution in [0.1, 0.15) is 32.1 Å². The number of halogens is 1. The molecule has 2 heterocycles. The summed E-state index contributed by atoms with van der Waals surface area (Å²) in [5.74, 6) is 0.979. The van der Waals surface area contributed by atoms with E-state index in [0.29, 0.717) is 0 Å². The SMILES string of the molecule is O=C1NNCC(N2CCN(CC3CCCCC3)CC2)C1Br. The third kappa shape index (κ3) is 3.97. The second-order valence-electron chi connectivity index (χ2n) is 6.68. The van der Waals surface area contributed by atoms with Crippen LogP contribution in [0.2, 0.25) is 0 Å². The van der Waals surface area contributed by atoms with E-state index in [1.54, 1.807) is 0 Å². The number of piperazine rings is 1. The molecule has 120 valence electrons. The van der Waals surface area contributed by atoms with Crippen LogP contribution in [0.25, 0.3) is 0 Å². The number of hydrogen-bond donors (Lipinski definition) is 2. The second-order valence-corrected chi connectivity index (χ2v) is 7.67. The first kappa shape index (κ1) is 15.7. The van der Waals surface area contributed by atoms with Crippen LogP contribution in [0.3, 0.4) is 0 Å². The molecule has 0 spiro atoms. The van der Waals surface area contributed by atoms with Crippen molar-refractivity contribution in [2.45, 2.75) is 43.0 Å². The van der Waals surface area contributed by atoms with Gasteiger partial charge in [0.05, 0.1) is 0 Å². The minimum absolute atomic E-state index is 0.0517. The van der Waals surface area contributed by atoms with Crippen molar-refractivity contribution in [1.29, 1.82) is 0 Å². The Hall–Kier alpha value is -0.170. The highest BCUT2D eigenvalue weighted by Crippen LogP contribution is 2.25. The van der Waals surface area contributed by atoms with Gasteiger partial charge in [-0.25, -0.2) is 5.43 Å². The molecular weight excluding hydrogens is 332 g/mol. The number of nitrogens with one attached hydrogen (secondary N) is 2. The fourth-order valence-corrected chi connectivity index (χ4v) is 4.55. The minimum atomic E-state index is -0.0938. The maximum absolute atomic E-state index is 11.7. The molecule has 0 aromatic rings. The third-order valence-corrected chi connectivity index (χ3v) is 6.25. The molecule has 21 heavy (non-hydrogen) atoms. The molecule has 2 unspecified atom stereocenters. The summed E-state index contributed by atoms with van der Waals surface area (Å²) in [5, 5.41) is 0. The molecule has 6 heteroatoms. The van der Waals surface area contributed by atoms with Crippen LogP contribution in [0, 0.1) is 5.92 Å². The number of carbonyl (C=O) groups excluding carboxylic acids is 1. The first-order valence-electron chi connectivity index (χ1n) is 8.37. The van der Waals surface area contributed by atoms with Gasteiger partial charge in [-0.1, -0.05) is 35.2 Å². The molecule has 0 aromatic carbocycles. The molecule has 2 N–H and O–H groups in total. The van der Waals surface area contributed by atoms with Crippen molar-refractivity contribution in [3.8, 4) is 0 Å². The number of carbonyl (C=O) groups is 1. The van der Waals surface area contributed by atoms with Crippen molar-refractivity contribution in [3.63, 3.8) is 0 Å². The molecule has 1 saturated carbocycles. The van der Waals surface area contributed by atoms with Crippen molar-refractivity contribution in [2.24, 2.45) is 5.92 Å². The molecule has 0 aromatic heterocycles. The Morgan fingerprint density at radius 2 is 1.81 bits per heavy atom. The van der Waals surface area contributed by atoms with Gasteiger partial charge in [-0.15, -0.1) is 0 Å². The molecular formula is C15H27BrN4O. The highest BCUT2D eigenvalue weighted by atomic mass is 79.9. The smallest absolute Gasteiger partial charge is 0.249 e. The van der Waals surface area contributed by atoms with Gasteiger partial charge in [0.15, 0.2) is 0 Å². The number of hydrazine groups is 1. The van der Waals surface area contributed by atoms with E-state index in [9.17, 15) is 4.79 Å². The van der Waals surface area contributed by atoms with Crippen LogP contribution in [0.5, 0.6) is 0 Å². The zero-order valence-electron chi connectivity index (χ0n) is 12.7. The Morgan fingerprint density at radius 3 is 2.52 bits per heavy atom. The molecule has 3 rings (SSSR count). The van der Waals surface area contributed by atoms with E-state index in [1.165, 1.54) is 38.6 Å². The molecule has 3 fully saturated rings. The van der Waals surface area contributed by atoms with Crippen molar-refractivity contribution < 1.29 is 4.79 Å². The first-order chi connectivity index (χ1) is 10.2. The Bertz CT molecular complexity index is 354. The van der Waals surface area contributed by atoms with Crippen LogP contribution in [-0.2, 0) is 4.79 Å². The summed E-state index contributed by atoms with van der Waals surface area (Å²) in [5.41, 5.74) is 5.70. The van der Waals surface area contributed by atoms with Crippen LogP contribution in [0.15, 0.2) is 0 Å². The van der Waals surface area contributed by atoms with Crippen LogP contribution in [-0.4, -0.2) is 65.8 Å². The average Bonchev–Trinajstić information content (AvgIpc) is 2.52. The summed E-state index contributed by atoms with van der Waals surface area (Å²) in [6.45, 7) is 6.56. The quantitative estimate of drug-likeness (QED) is 0.737. The van der Waals surface area contributed by atoms with Crippen molar-refractivity contribution >= 4 is 21.8 Å². The minimum Gasteiger partial charge on any atom is -0.301 e. The monoisotopic (exact) mass is 358 g/mol. The van der Waals surface area contributed by atoms with Crippen molar-refractivity contribution in [3.05, 3.63) is 0 Å². The fourth-order valence-electron chi connectivity index (χ4n) is 3.92. The highest BCUT2D eigenvalue weighted by Gasteiger charge is 2.35. The van der Waals surface area contributed by atoms with Gasteiger partial charge in [0.25, 0.3) is 0 Å². The van der Waals surface area contributed by atoms with E-state index >= 15 is 0 Å². The van der Waals surface area contributed by atoms with Gasteiger partial charge in [0, 0.05) is 45.3 Å². The maximum atomic E-state index is 11.7. The highest BCUT2D eigenvalue weighted by molar-refractivity contribution is 9.10. The molecule has 1 aliphatic carbocycles. The van der Waals surface area contributed by atoms with Gasteiger partial charge in [0.1, 0.15) is 4.83 Å². The van der Waals surface area contributed by atoms with E-state index in [2.05, 4.69) is 36.6 Å². The van der Waals surface area contributed by atoms with E-state index in [4.69, 9.17) is 0 Å². The molecule has 2 aliphatic heterocycles. The zero-order chi connectivity index (χ0) is 14.7.